The van der Waals surface area contributed by atoms with Crippen molar-refractivity contribution in [3.63, 3.8) is 0 Å². The molecule has 30 heavy (non-hydrogen) atoms. The van der Waals surface area contributed by atoms with Crippen molar-refractivity contribution in [1.82, 2.24) is 5.32 Å². The van der Waals surface area contributed by atoms with E-state index >= 15 is 0 Å². The highest BCUT2D eigenvalue weighted by atomic mass is 35.5. The van der Waals surface area contributed by atoms with E-state index in [0.29, 0.717) is 38.2 Å². The molecular weight excluding hydrogens is 439 g/mol. The fraction of sp³-hybridized carbons (Fsp3) is 0.130. The van der Waals surface area contributed by atoms with Crippen LogP contribution in [0.5, 0.6) is 0 Å². The highest BCUT2D eigenvalue weighted by Crippen LogP contribution is 2.31. The number of hydrogen-bond acceptors (Lipinski definition) is 4. The van der Waals surface area contributed by atoms with E-state index in [2.05, 4.69) is 42.4 Å². The first-order chi connectivity index (χ1) is 14.4. The van der Waals surface area contributed by atoms with Crippen molar-refractivity contribution < 1.29 is 9.21 Å². The molecule has 0 aliphatic carbocycles. The summed E-state index contributed by atoms with van der Waals surface area (Å²) < 4.78 is 5.85. The van der Waals surface area contributed by atoms with Crippen LogP contribution in [0, 0.1) is 13.8 Å². The van der Waals surface area contributed by atoms with Crippen molar-refractivity contribution in [3.8, 4) is 11.3 Å². The lowest BCUT2D eigenvalue weighted by Crippen LogP contribution is -2.19. The molecule has 7 heteroatoms. The molecule has 1 aliphatic heterocycles. The van der Waals surface area contributed by atoms with Crippen molar-refractivity contribution in [3.05, 3.63) is 85.9 Å². The van der Waals surface area contributed by atoms with E-state index in [4.69, 9.17) is 27.6 Å². The second kappa shape index (κ2) is 8.72. The monoisotopic (exact) mass is 456 g/mol. The van der Waals surface area contributed by atoms with Crippen molar-refractivity contribution in [2.45, 2.75) is 20.4 Å². The van der Waals surface area contributed by atoms with Crippen molar-refractivity contribution >= 4 is 52.1 Å². The summed E-state index contributed by atoms with van der Waals surface area (Å²) >= 11 is 13.3. The molecule has 1 aliphatic rings. The summed E-state index contributed by atoms with van der Waals surface area (Å²) in [6, 6.07) is 15.3. The van der Waals surface area contributed by atoms with Crippen LogP contribution in [-0.2, 0) is 11.3 Å². The van der Waals surface area contributed by atoms with Crippen LogP contribution in [0.2, 0.25) is 10.0 Å². The van der Waals surface area contributed by atoms with Crippen LogP contribution < -0.4 is 5.32 Å². The van der Waals surface area contributed by atoms with Gasteiger partial charge in [-0.25, -0.2) is 0 Å². The molecule has 0 bridgehead atoms. The summed E-state index contributed by atoms with van der Waals surface area (Å²) in [4.78, 5) is 17.4. The molecular formula is C23H18Cl2N2O2S. The number of aliphatic imine (C=N–C) groups is 1. The maximum atomic E-state index is 12.3. The van der Waals surface area contributed by atoms with Crippen molar-refractivity contribution in [1.29, 1.82) is 0 Å². The Hall–Kier alpha value is -2.47. The second-order valence-corrected chi connectivity index (χ2v) is 8.86. The number of aryl methyl sites for hydroxylation is 2. The third-order valence-electron chi connectivity index (χ3n) is 4.44. The smallest absolute Gasteiger partial charge is 0.264 e. The van der Waals surface area contributed by atoms with E-state index in [1.54, 1.807) is 18.2 Å². The van der Waals surface area contributed by atoms with Crippen LogP contribution in [0.3, 0.4) is 0 Å². The molecule has 152 valence electrons. The highest BCUT2D eigenvalue weighted by molar-refractivity contribution is 8.18. The molecule has 1 amide bonds. The first-order valence-electron chi connectivity index (χ1n) is 9.25. The third-order valence-corrected chi connectivity index (χ3v) is 6.13. The Morgan fingerprint density at radius 3 is 2.53 bits per heavy atom. The number of carbonyl (C=O) groups is 1. The minimum atomic E-state index is -0.188. The van der Waals surface area contributed by atoms with Crippen LogP contribution in [0.1, 0.15) is 22.5 Å². The van der Waals surface area contributed by atoms with Gasteiger partial charge in [0.25, 0.3) is 5.91 Å². The molecule has 4 nitrogen and oxygen atoms in total. The van der Waals surface area contributed by atoms with Gasteiger partial charge in [0.1, 0.15) is 11.5 Å². The standard InChI is InChI=1S/C23H18Cl2N2O2S/c1-13-7-14(2)9-15(8-13)12-26-23-27-22(28)21(30-23)11-17-4-6-20(29-17)16-3-5-18(24)19(25)10-16/h3-11H,12H2,1-2H3,(H,26,27,28)/b21-11-. The van der Waals surface area contributed by atoms with E-state index in [0.717, 1.165) is 11.1 Å². The van der Waals surface area contributed by atoms with Gasteiger partial charge >= 0.3 is 0 Å². The van der Waals surface area contributed by atoms with Gasteiger partial charge in [-0.1, -0.05) is 52.5 Å². The van der Waals surface area contributed by atoms with E-state index < -0.39 is 0 Å². The van der Waals surface area contributed by atoms with Gasteiger partial charge in [0.15, 0.2) is 5.17 Å². The van der Waals surface area contributed by atoms with Crippen LogP contribution in [0.4, 0.5) is 0 Å². The summed E-state index contributed by atoms with van der Waals surface area (Å²) in [7, 11) is 0. The molecule has 2 aromatic carbocycles. The molecule has 0 unspecified atom stereocenters. The third kappa shape index (κ3) is 4.81. The Labute approximate surface area is 189 Å². The topological polar surface area (TPSA) is 54.6 Å². The molecule has 0 radical (unpaired) electrons. The number of nitrogens with one attached hydrogen (secondary N) is 1. The van der Waals surface area contributed by atoms with Gasteiger partial charge in [0, 0.05) is 11.6 Å². The number of hydrogen-bond donors (Lipinski definition) is 1. The molecule has 0 saturated carbocycles. The van der Waals surface area contributed by atoms with Gasteiger partial charge in [0.2, 0.25) is 0 Å². The second-order valence-electron chi connectivity index (χ2n) is 7.01. The first kappa shape index (κ1) is 20.8. The summed E-state index contributed by atoms with van der Waals surface area (Å²) in [6.45, 7) is 4.64. The molecule has 0 spiro atoms. The zero-order chi connectivity index (χ0) is 21.3. The number of benzene rings is 2. The highest BCUT2D eigenvalue weighted by Gasteiger charge is 2.24. The van der Waals surface area contributed by atoms with Gasteiger partial charge < -0.3 is 9.73 Å². The largest absolute Gasteiger partial charge is 0.457 e. The zero-order valence-corrected chi connectivity index (χ0v) is 18.7. The lowest BCUT2D eigenvalue weighted by atomic mass is 10.1. The lowest BCUT2D eigenvalue weighted by Gasteiger charge is -2.02. The first-order valence-corrected chi connectivity index (χ1v) is 10.8. The minimum Gasteiger partial charge on any atom is -0.457 e. The molecule has 1 saturated heterocycles. The maximum Gasteiger partial charge on any atom is 0.264 e. The average molecular weight is 457 g/mol. The summed E-state index contributed by atoms with van der Waals surface area (Å²) in [5, 5.41) is 4.34. The Morgan fingerprint density at radius 1 is 1.03 bits per heavy atom. The van der Waals surface area contributed by atoms with Gasteiger partial charge in [-0.15, -0.1) is 0 Å². The molecule has 1 aromatic heterocycles. The van der Waals surface area contributed by atoms with Gasteiger partial charge in [-0.2, -0.15) is 0 Å². The maximum absolute atomic E-state index is 12.3. The van der Waals surface area contributed by atoms with E-state index in [1.807, 2.05) is 18.2 Å². The average Bonchev–Trinajstić information content (AvgIpc) is 3.29. The molecule has 1 N–H and O–H groups in total. The van der Waals surface area contributed by atoms with Crippen LogP contribution in [0.25, 0.3) is 17.4 Å². The van der Waals surface area contributed by atoms with Gasteiger partial charge in [-0.3, -0.25) is 9.79 Å². The van der Waals surface area contributed by atoms with Crippen LogP contribution in [0.15, 0.2) is 62.8 Å². The number of nitrogens with zero attached hydrogens (tertiary/aromatic N) is 1. The number of furan rings is 1. The Balaban J connectivity index is 1.49. The minimum absolute atomic E-state index is 0.188. The molecule has 1 fully saturated rings. The Bertz CT molecular complexity index is 1180. The van der Waals surface area contributed by atoms with Gasteiger partial charge in [-0.05, 0) is 61.5 Å². The van der Waals surface area contributed by atoms with Crippen molar-refractivity contribution in [2.24, 2.45) is 4.99 Å². The van der Waals surface area contributed by atoms with E-state index in [-0.39, 0.29) is 5.91 Å². The molecule has 3 aromatic rings. The van der Waals surface area contributed by atoms with Gasteiger partial charge in [0.05, 0.1) is 21.5 Å². The summed E-state index contributed by atoms with van der Waals surface area (Å²) in [5.74, 6) is 1.03. The van der Waals surface area contributed by atoms with E-state index in [1.165, 1.54) is 22.9 Å². The van der Waals surface area contributed by atoms with E-state index in [9.17, 15) is 4.79 Å². The number of carbonyl (C=O) groups excluding carboxylic acids is 1. The zero-order valence-electron chi connectivity index (χ0n) is 16.3. The Kier molecular flexibility index (Phi) is 6.04. The molecule has 4 rings (SSSR count). The number of halogens is 2. The Morgan fingerprint density at radius 2 is 1.80 bits per heavy atom. The normalized spacial score (nSPS) is 16.5. The summed E-state index contributed by atoms with van der Waals surface area (Å²) in [5.41, 5.74) is 4.33. The summed E-state index contributed by atoms with van der Waals surface area (Å²) in [6.07, 6.45) is 1.71. The number of amidine groups is 1. The number of amides is 1. The van der Waals surface area contributed by atoms with Crippen molar-refractivity contribution in [2.75, 3.05) is 0 Å². The SMILES string of the molecule is Cc1cc(C)cc(CN=C2NC(=O)/C(=C/c3ccc(-c4ccc(Cl)c(Cl)c4)o3)S2)c1. The van der Waals surface area contributed by atoms with Crippen LogP contribution >= 0.6 is 35.0 Å². The number of rotatable bonds is 4. The lowest BCUT2D eigenvalue weighted by molar-refractivity contribution is -0.115. The fourth-order valence-corrected chi connectivity index (χ4v) is 4.29. The fourth-order valence-electron chi connectivity index (χ4n) is 3.19. The molecule has 0 atom stereocenters. The predicted molar refractivity (Wildman–Crippen MR) is 125 cm³/mol. The quantitative estimate of drug-likeness (QED) is 0.448. The molecule has 2 heterocycles. The predicted octanol–water partition coefficient (Wildman–Crippen LogP) is 6.63. The number of thioether (sulfide) groups is 1. The van der Waals surface area contributed by atoms with Crippen LogP contribution in [-0.4, -0.2) is 11.1 Å².